The summed E-state index contributed by atoms with van der Waals surface area (Å²) in [6.45, 7) is 2.30. The third kappa shape index (κ3) is 4.73. The number of furan rings is 1. The van der Waals surface area contributed by atoms with Crippen LogP contribution in [0.4, 0.5) is 5.69 Å². The second-order valence-electron chi connectivity index (χ2n) is 6.30. The summed E-state index contributed by atoms with van der Waals surface area (Å²) >= 11 is 0. The first-order valence-electron chi connectivity index (χ1n) is 8.70. The molecule has 1 amide bonds. The number of carbonyl (C=O) groups is 1. The number of hydrogen-bond acceptors (Lipinski definition) is 4. The van der Waals surface area contributed by atoms with E-state index in [0.29, 0.717) is 31.1 Å². The molecule has 0 aliphatic carbocycles. The molecule has 1 aromatic heterocycles. The number of aliphatic hydroxyl groups excluding tert-OH is 1. The molecule has 3 rings (SSSR count). The van der Waals surface area contributed by atoms with Gasteiger partial charge >= 0.3 is 0 Å². The Morgan fingerprint density at radius 3 is 2.84 bits per heavy atom. The average molecular weight is 340 g/mol. The van der Waals surface area contributed by atoms with Crippen LogP contribution in [0, 0.1) is 5.92 Å². The third-order valence-corrected chi connectivity index (χ3v) is 4.52. The summed E-state index contributed by atoms with van der Waals surface area (Å²) in [6.07, 6.45) is 7.28. The number of rotatable bonds is 6. The lowest BCUT2D eigenvalue weighted by Crippen LogP contribution is -2.39. The van der Waals surface area contributed by atoms with E-state index in [2.05, 4.69) is 5.32 Å². The zero-order chi connectivity index (χ0) is 17.5. The van der Waals surface area contributed by atoms with Crippen LogP contribution in [0.1, 0.15) is 29.0 Å². The van der Waals surface area contributed by atoms with Crippen molar-refractivity contribution in [2.24, 2.45) is 5.92 Å². The van der Waals surface area contributed by atoms with Crippen LogP contribution in [-0.2, 0) is 0 Å². The largest absolute Gasteiger partial charge is 0.465 e. The van der Waals surface area contributed by atoms with Crippen LogP contribution >= 0.6 is 0 Å². The molecule has 1 saturated heterocycles. The van der Waals surface area contributed by atoms with E-state index in [1.54, 1.807) is 6.26 Å². The van der Waals surface area contributed by atoms with Gasteiger partial charge in [-0.15, -0.1) is 0 Å². The maximum absolute atomic E-state index is 12.6. The average Bonchev–Trinajstić information content (AvgIpc) is 3.18. The fourth-order valence-electron chi connectivity index (χ4n) is 3.00. The molecular weight excluding hydrogens is 316 g/mol. The van der Waals surface area contributed by atoms with Gasteiger partial charge < -0.3 is 19.7 Å². The number of anilines is 1. The molecule has 0 bridgehead atoms. The molecule has 2 heterocycles. The molecule has 2 N–H and O–H groups in total. The highest BCUT2D eigenvalue weighted by molar-refractivity contribution is 5.95. The molecule has 25 heavy (non-hydrogen) atoms. The zero-order valence-corrected chi connectivity index (χ0v) is 14.2. The van der Waals surface area contributed by atoms with Gasteiger partial charge in [0.05, 0.1) is 6.26 Å². The van der Waals surface area contributed by atoms with E-state index in [9.17, 15) is 9.90 Å². The van der Waals surface area contributed by atoms with Crippen LogP contribution in [0.5, 0.6) is 0 Å². The van der Waals surface area contributed by atoms with Gasteiger partial charge in [-0.2, -0.15) is 0 Å². The SMILES string of the molecule is O=C(c1cccc(NC/C=C/c2ccco2)c1)N1CCC(CO)CC1. The Hall–Kier alpha value is -2.53. The number of nitrogens with one attached hydrogen (secondary N) is 1. The number of likely N-dealkylation sites (tertiary alicyclic amines) is 1. The minimum atomic E-state index is 0.0613. The van der Waals surface area contributed by atoms with E-state index >= 15 is 0 Å². The molecule has 132 valence electrons. The van der Waals surface area contributed by atoms with Crippen molar-refractivity contribution in [2.75, 3.05) is 31.6 Å². The van der Waals surface area contributed by atoms with Crippen LogP contribution in [0.2, 0.25) is 0 Å². The Morgan fingerprint density at radius 1 is 1.28 bits per heavy atom. The first-order chi connectivity index (χ1) is 12.3. The van der Waals surface area contributed by atoms with Crippen molar-refractivity contribution < 1.29 is 14.3 Å². The quantitative estimate of drug-likeness (QED) is 0.847. The predicted octanol–water partition coefficient (Wildman–Crippen LogP) is 3.25. The van der Waals surface area contributed by atoms with Crippen molar-refractivity contribution in [3.8, 4) is 0 Å². The van der Waals surface area contributed by atoms with Gasteiger partial charge in [-0.1, -0.05) is 12.1 Å². The highest BCUT2D eigenvalue weighted by Gasteiger charge is 2.23. The number of hydrogen-bond donors (Lipinski definition) is 2. The van der Waals surface area contributed by atoms with Crippen molar-refractivity contribution in [1.29, 1.82) is 0 Å². The van der Waals surface area contributed by atoms with Crippen molar-refractivity contribution >= 4 is 17.7 Å². The molecule has 1 aliphatic rings. The van der Waals surface area contributed by atoms with Crippen LogP contribution in [0.3, 0.4) is 0 Å². The smallest absolute Gasteiger partial charge is 0.253 e. The molecule has 0 unspecified atom stereocenters. The van der Waals surface area contributed by atoms with Crippen LogP contribution < -0.4 is 5.32 Å². The Labute approximate surface area is 148 Å². The highest BCUT2D eigenvalue weighted by atomic mass is 16.3. The number of piperidine rings is 1. The number of nitrogens with zero attached hydrogens (tertiary/aromatic N) is 1. The summed E-state index contributed by atoms with van der Waals surface area (Å²) in [5.41, 5.74) is 1.61. The van der Waals surface area contributed by atoms with E-state index < -0.39 is 0 Å². The van der Waals surface area contributed by atoms with Crippen LogP contribution in [0.25, 0.3) is 6.08 Å². The predicted molar refractivity (Wildman–Crippen MR) is 98.4 cm³/mol. The van der Waals surface area contributed by atoms with E-state index in [1.165, 1.54) is 0 Å². The van der Waals surface area contributed by atoms with Crippen molar-refractivity contribution in [2.45, 2.75) is 12.8 Å². The summed E-state index contributed by atoms with van der Waals surface area (Å²) in [6, 6.07) is 11.3. The molecule has 5 heteroatoms. The Balaban J connectivity index is 1.54. The minimum absolute atomic E-state index is 0.0613. The first-order valence-corrected chi connectivity index (χ1v) is 8.70. The standard InChI is InChI=1S/C20H24N2O3/c23-15-16-8-11-22(12-9-16)20(24)17-4-1-5-18(14-17)21-10-2-6-19-7-3-13-25-19/h1-7,13-14,16,21,23H,8-12,15H2/b6-2+. The lowest BCUT2D eigenvalue weighted by molar-refractivity contribution is 0.0651. The van der Waals surface area contributed by atoms with E-state index in [4.69, 9.17) is 4.42 Å². The molecule has 5 nitrogen and oxygen atoms in total. The molecule has 1 aliphatic heterocycles. The van der Waals surface area contributed by atoms with Gasteiger partial charge in [-0.25, -0.2) is 0 Å². The molecule has 2 aromatic rings. The molecule has 0 saturated carbocycles. The summed E-state index contributed by atoms with van der Waals surface area (Å²) < 4.78 is 5.24. The van der Waals surface area contributed by atoms with Gasteiger partial charge in [0.15, 0.2) is 0 Å². The van der Waals surface area contributed by atoms with Crippen LogP contribution in [-0.4, -0.2) is 42.2 Å². The van der Waals surface area contributed by atoms with Crippen molar-refractivity contribution in [3.63, 3.8) is 0 Å². The van der Waals surface area contributed by atoms with Crippen molar-refractivity contribution in [1.82, 2.24) is 4.90 Å². The number of carbonyl (C=O) groups excluding carboxylic acids is 1. The fourth-order valence-corrected chi connectivity index (χ4v) is 3.00. The summed E-state index contributed by atoms with van der Waals surface area (Å²) in [4.78, 5) is 14.5. The third-order valence-electron chi connectivity index (χ3n) is 4.52. The molecule has 0 radical (unpaired) electrons. The highest BCUT2D eigenvalue weighted by Crippen LogP contribution is 2.19. The molecule has 0 atom stereocenters. The second kappa shape index (κ2) is 8.53. The van der Waals surface area contributed by atoms with Gasteiger partial charge in [0.2, 0.25) is 0 Å². The van der Waals surface area contributed by atoms with Gasteiger partial charge in [0, 0.05) is 37.5 Å². The minimum Gasteiger partial charge on any atom is -0.465 e. The Kier molecular flexibility index (Phi) is 5.90. The molecule has 1 fully saturated rings. The Bertz CT molecular complexity index is 701. The molecule has 0 spiro atoms. The number of benzene rings is 1. The second-order valence-corrected chi connectivity index (χ2v) is 6.30. The normalized spacial score (nSPS) is 15.6. The lowest BCUT2D eigenvalue weighted by atomic mass is 9.97. The van der Waals surface area contributed by atoms with Gasteiger partial charge in [-0.3, -0.25) is 4.79 Å². The fraction of sp³-hybridized carbons (Fsp3) is 0.350. The number of amides is 1. The van der Waals surface area contributed by atoms with E-state index in [0.717, 1.165) is 24.3 Å². The van der Waals surface area contributed by atoms with Gasteiger partial charge in [-0.05, 0) is 55.2 Å². The monoisotopic (exact) mass is 340 g/mol. The topological polar surface area (TPSA) is 65.7 Å². The summed E-state index contributed by atoms with van der Waals surface area (Å²) in [7, 11) is 0. The van der Waals surface area contributed by atoms with E-state index in [-0.39, 0.29) is 12.5 Å². The van der Waals surface area contributed by atoms with Gasteiger partial charge in [0.1, 0.15) is 5.76 Å². The van der Waals surface area contributed by atoms with Crippen molar-refractivity contribution in [3.05, 3.63) is 60.1 Å². The molecular formula is C20H24N2O3. The van der Waals surface area contributed by atoms with E-state index in [1.807, 2.05) is 53.5 Å². The first kappa shape index (κ1) is 17.3. The zero-order valence-electron chi connectivity index (χ0n) is 14.2. The molecule has 1 aromatic carbocycles. The van der Waals surface area contributed by atoms with Gasteiger partial charge in [0.25, 0.3) is 5.91 Å². The Morgan fingerprint density at radius 2 is 2.12 bits per heavy atom. The summed E-state index contributed by atoms with van der Waals surface area (Å²) in [5.74, 6) is 1.21. The van der Waals surface area contributed by atoms with Crippen LogP contribution in [0.15, 0.2) is 53.2 Å². The summed E-state index contributed by atoms with van der Waals surface area (Å²) in [5, 5.41) is 12.5. The lowest BCUT2D eigenvalue weighted by Gasteiger charge is -2.31. The maximum atomic E-state index is 12.6. The maximum Gasteiger partial charge on any atom is 0.253 e. The number of aliphatic hydroxyl groups is 1.